The fraction of sp³-hybridized carbons (Fsp3) is 0.154. The molecule has 2 N–H and O–H groups in total. The zero-order chi connectivity index (χ0) is 12.3. The van der Waals surface area contributed by atoms with Gasteiger partial charge in [-0.25, -0.2) is 4.79 Å². The van der Waals surface area contributed by atoms with Crippen LogP contribution in [0, 0.1) is 6.92 Å². The van der Waals surface area contributed by atoms with Crippen molar-refractivity contribution in [2.24, 2.45) is 0 Å². The highest BCUT2D eigenvalue weighted by atomic mass is 16.5. The van der Waals surface area contributed by atoms with Crippen molar-refractivity contribution in [1.82, 2.24) is 0 Å². The highest BCUT2D eigenvalue weighted by Gasteiger charge is 2.16. The van der Waals surface area contributed by atoms with E-state index in [-0.39, 0.29) is 12.2 Å². The summed E-state index contributed by atoms with van der Waals surface area (Å²) in [5, 5.41) is 0. The minimum atomic E-state index is -0.469. The molecule has 0 unspecified atom stereocenters. The van der Waals surface area contributed by atoms with Crippen molar-refractivity contribution < 1.29 is 13.9 Å². The van der Waals surface area contributed by atoms with Gasteiger partial charge in [0.05, 0.1) is 5.69 Å². The van der Waals surface area contributed by atoms with Crippen LogP contribution in [0.2, 0.25) is 0 Å². The van der Waals surface area contributed by atoms with Crippen molar-refractivity contribution in [2.45, 2.75) is 13.5 Å². The number of furan rings is 1. The lowest BCUT2D eigenvalue weighted by atomic mass is 10.2. The lowest BCUT2D eigenvalue weighted by Crippen LogP contribution is -2.06. The minimum absolute atomic E-state index is 0.226. The summed E-state index contributed by atoms with van der Waals surface area (Å²) in [6.07, 6.45) is 1.32. The van der Waals surface area contributed by atoms with Crippen molar-refractivity contribution in [3.05, 3.63) is 53.5 Å². The summed E-state index contributed by atoms with van der Waals surface area (Å²) >= 11 is 0. The number of ether oxygens (including phenoxy) is 1. The highest BCUT2D eigenvalue weighted by Crippen LogP contribution is 2.20. The van der Waals surface area contributed by atoms with Gasteiger partial charge in [0.15, 0.2) is 0 Å². The van der Waals surface area contributed by atoms with Crippen molar-refractivity contribution in [3.63, 3.8) is 0 Å². The third-order valence-corrected chi connectivity index (χ3v) is 2.46. The summed E-state index contributed by atoms with van der Waals surface area (Å²) in [5.74, 6) is 0.0554. The standard InChI is InChI=1S/C13H13NO3/c1-9-12(14)11(8-16-9)13(15)17-7-10-5-3-2-4-6-10/h2-6,8H,7,14H2,1H3. The monoisotopic (exact) mass is 231 g/mol. The summed E-state index contributed by atoms with van der Waals surface area (Å²) in [6.45, 7) is 1.92. The third kappa shape index (κ3) is 2.47. The Morgan fingerprint density at radius 3 is 2.65 bits per heavy atom. The van der Waals surface area contributed by atoms with Crippen LogP contribution in [0.4, 0.5) is 5.69 Å². The molecule has 1 aromatic carbocycles. The predicted octanol–water partition coefficient (Wildman–Crippen LogP) is 2.53. The number of nitrogens with two attached hydrogens (primary N) is 1. The van der Waals surface area contributed by atoms with Gasteiger partial charge in [0.1, 0.15) is 24.2 Å². The topological polar surface area (TPSA) is 65.5 Å². The zero-order valence-corrected chi connectivity index (χ0v) is 9.47. The van der Waals surface area contributed by atoms with Gasteiger partial charge in [0.25, 0.3) is 0 Å². The second-order valence-corrected chi connectivity index (χ2v) is 3.68. The Labute approximate surface area is 99.0 Å². The van der Waals surface area contributed by atoms with E-state index >= 15 is 0 Å². The molecule has 0 aliphatic rings. The van der Waals surface area contributed by atoms with Gasteiger partial charge >= 0.3 is 5.97 Å². The van der Waals surface area contributed by atoms with Crippen molar-refractivity contribution in [3.8, 4) is 0 Å². The van der Waals surface area contributed by atoms with Gasteiger partial charge in [0.2, 0.25) is 0 Å². The smallest absolute Gasteiger partial charge is 0.343 e. The maximum atomic E-state index is 11.7. The first-order valence-corrected chi connectivity index (χ1v) is 5.23. The van der Waals surface area contributed by atoms with E-state index in [2.05, 4.69) is 0 Å². The highest BCUT2D eigenvalue weighted by molar-refractivity contribution is 5.95. The molecule has 0 amide bonds. The first kappa shape index (κ1) is 11.3. The predicted molar refractivity (Wildman–Crippen MR) is 63.4 cm³/mol. The van der Waals surface area contributed by atoms with Crippen LogP contribution in [0.15, 0.2) is 41.0 Å². The first-order valence-electron chi connectivity index (χ1n) is 5.23. The van der Waals surface area contributed by atoms with Gasteiger partial charge < -0.3 is 14.9 Å². The maximum absolute atomic E-state index is 11.7. The second-order valence-electron chi connectivity index (χ2n) is 3.68. The third-order valence-electron chi connectivity index (χ3n) is 2.46. The lowest BCUT2D eigenvalue weighted by Gasteiger charge is -2.03. The Kier molecular flexibility index (Phi) is 3.14. The molecule has 0 spiro atoms. The van der Waals surface area contributed by atoms with Crippen LogP contribution < -0.4 is 5.73 Å². The number of carbonyl (C=O) groups excluding carboxylic acids is 1. The number of benzene rings is 1. The second kappa shape index (κ2) is 4.74. The largest absolute Gasteiger partial charge is 0.466 e. The number of nitrogen functional groups attached to an aromatic ring is 1. The average Bonchev–Trinajstić information content (AvgIpc) is 2.69. The van der Waals surface area contributed by atoms with Crippen LogP contribution in [-0.4, -0.2) is 5.97 Å². The van der Waals surface area contributed by atoms with E-state index in [9.17, 15) is 4.79 Å². The molecule has 17 heavy (non-hydrogen) atoms. The molecule has 0 aliphatic carbocycles. The Hall–Kier alpha value is -2.23. The molecule has 1 aromatic heterocycles. The number of esters is 1. The van der Waals surface area contributed by atoms with Crippen LogP contribution in [0.5, 0.6) is 0 Å². The van der Waals surface area contributed by atoms with Crippen LogP contribution in [-0.2, 0) is 11.3 Å². The van der Waals surface area contributed by atoms with E-state index < -0.39 is 5.97 Å². The Balaban J connectivity index is 2.01. The van der Waals surface area contributed by atoms with E-state index in [1.165, 1.54) is 6.26 Å². The molecule has 0 atom stereocenters. The quantitative estimate of drug-likeness (QED) is 0.824. The zero-order valence-electron chi connectivity index (χ0n) is 9.47. The molecule has 88 valence electrons. The minimum Gasteiger partial charge on any atom is -0.466 e. The van der Waals surface area contributed by atoms with E-state index in [4.69, 9.17) is 14.9 Å². The molecular weight excluding hydrogens is 218 g/mol. The van der Waals surface area contributed by atoms with Gasteiger partial charge in [-0.2, -0.15) is 0 Å². The molecule has 1 heterocycles. The summed E-state index contributed by atoms with van der Waals surface area (Å²) < 4.78 is 10.2. The molecule has 0 saturated carbocycles. The van der Waals surface area contributed by atoms with Gasteiger partial charge in [-0.15, -0.1) is 0 Å². The van der Waals surface area contributed by atoms with Crippen LogP contribution >= 0.6 is 0 Å². The molecule has 0 bridgehead atoms. The summed E-state index contributed by atoms with van der Waals surface area (Å²) in [4.78, 5) is 11.7. The van der Waals surface area contributed by atoms with Crippen LogP contribution in [0.3, 0.4) is 0 Å². The number of hydrogen-bond acceptors (Lipinski definition) is 4. The number of hydrogen-bond donors (Lipinski definition) is 1. The number of anilines is 1. The SMILES string of the molecule is Cc1occ(C(=O)OCc2ccccc2)c1N. The first-order chi connectivity index (χ1) is 8.18. The summed E-state index contributed by atoms with van der Waals surface area (Å²) in [6, 6.07) is 9.45. The van der Waals surface area contributed by atoms with Crippen molar-refractivity contribution in [1.29, 1.82) is 0 Å². The molecule has 0 radical (unpaired) electrons. The van der Waals surface area contributed by atoms with E-state index in [0.717, 1.165) is 5.56 Å². The number of aryl methyl sites for hydroxylation is 1. The summed E-state index contributed by atoms with van der Waals surface area (Å²) in [5.41, 5.74) is 7.22. The normalized spacial score (nSPS) is 10.2. The Bertz CT molecular complexity index is 517. The molecule has 2 rings (SSSR count). The fourth-order valence-electron chi connectivity index (χ4n) is 1.42. The van der Waals surface area contributed by atoms with Gasteiger partial charge in [0, 0.05) is 0 Å². The molecular formula is C13H13NO3. The van der Waals surface area contributed by atoms with Gasteiger partial charge in [-0.1, -0.05) is 30.3 Å². The Morgan fingerprint density at radius 2 is 2.06 bits per heavy atom. The van der Waals surface area contributed by atoms with E-state index in [1.54, 1.807) is 6.92 Å². The van der Waals surface area contributed by atoms with Gasteiger partial charge in [-0.05, 0) is 12.5 Å². The fourth-order valence-corrected chi connectivity index (χ4v) is 1.42. The van der Waals surface area contributed by atoms with Gasteiger partial charge in [-0.3, -0.25) is 0 Å². The molecule has 4 nitrogen and oxygen atoms in total. The van der Waals surface area contributed by atoms with Crippen LogP contribution in [0.25, 0.3) is 0 Å². The maximum Gasteiger partial charge on any atom is 0.343 e. The molecule has 4 heteroatoms. The van der Waals surface area contributed by atoms with Crippen LogP contribution in [0.1, 0.15) is 21.7 Å². The summed E-state index contributed by atoms with van der Waals surface area (Å²) in [7, 11) is 0. The Morgan fingerprint density at radius 1 is 1.35 bits per heavy atom. The number of carbonyl (C=O) groups is 1. The van der Waals surface area contributed by atoms with E-state index in [1.807, 2.05) is 30.3 Å². The number of rotatable bonds is 3. The molecule has 0 saturated heterocycles. The average molecular weight is 231 g/mol. The lowest BCUT2D eigenvalue weighted by molar-refractivity contribution is 0.0473. The van der Waals surface area contributed by atoms with Crippen molar-refractivity contribution >= 4 is 11.7 Å². The molecule has 2 aromatic rings. The van der Waals surface area contributed by atoms with Crippen molar-refractivity contribution in [2.75, 3.05) is 5.73 Å². The molecule has 0 aliphatic heterocycles. The van der Waals surface area contributed by atoms with E-state index in [0.29, 0.717) is 11.4 Å². The molecule has 0 fully saturated rings.